The minimum Gasteiger partial charge on any atom is -0.400 e. The molecule has 17 heteroatoms. The average molecular weight is 683 g/mol. The molecular formula is C30H63FN8O8. The van der Waals surface area contributed by atoms with Gasteiger partial charge in [0.25, 0.3) is 5.91 Å². The van der Waals surface area contributed by atoms with Crippen LogP contribution in [-0.2, 0) is 23.7 Å². The van der Waals surface area contributed by atoms with Gasteiger partial charge in [0.1, 0.15) is 6.17 Å². The maximum atomic E-state index is 13.3. The second-order valence-electron chi connectivity index (χ2n) is 11.9. The minimum atomic E-state index is -1.78. The molecule has 4 rings (SSSR count). The summed E-state index contributed by atoms with van der Waals surface area (Å²) >= 11 is 0. The predicted molar refractivity (Wildman–Crippen MR) is 176 cm³/mol. The lowest BCUT2D eigenvalue weighted by atomic mass is 9.89. The van der Waals surface area contributed by atoms with E-state index in [1.165, 1.54) is 0 Å². The molecule has 0 bridgehead atoms. The summed E-state index contributed by atoms with van der Waals surface area (Å²) in [5.74, 6) is -0.772. The number of hydrogen-bond acceptors (Lipinski definition) is 15. The van der Waals surface area contributed by atoms with Crippen LogP contribution in [0.3, 0.4) is 0 Å². The van der Waals surface area contributed by atoms with Gasteiger partial charge in [0.05, 0.1) is 49.8 Å². The van der Waals surface area contributed by atoms with Crippen molar-refractivity contribution in [2.24, 2.45) is 34.4 Å². The fourth-order valence-corrected chi connectivity index (χ4v) is 5.38. The van der Waals surface area contributed by atoms with E-state index in [9.17, 15) is 19.4 Å². The van der Waals surface area contributed by atoms with Crippen molar-refractivity contribution in [2.75, 3.05) is 59.6 Å². The molecule has 278 valence electrons. The van der Waals surface area contributed by atoms with E-state index in [-0.39, 0.29) is 48.8 Å². The highest BCUT2D eigenvalue weighted by atomic mass is 19.1. The zero-order valence-corrected chi connectivity index (χ0v) is 27.8. The Morgan fingerprint density at radius 2 is 1.77 bits per heavy atom. The first kappa shape index (κ1) is 43.6. The monoisotopic (exact) mass is 682 g/mol. The van der Waals surface area contributed by atoms with Crippen LogP contribution in [0.1, 0.15) is 44.9 Å². The number of nitrogens with one attached hydrogen (secondary N) is 2. The molecule has 16 nitrogen and oxygen atoms in total. The standard InChI is InChI=1S/C15H29FN4O4.C8H16N2O.C6H14N2O2.CH4O/c16-12(7-18)14(21)15(22)20-9-3-8(19)4-11(5-9)24-13-2-1-10(6-17)23-13;9-4-5-10-7-8-3-1-2-6-11-8;7-2-4-1-6(9)5(8)3-10-4;1-2/h8-14,21H,1-7,17-19H2,(H,20,22);1,3,8,10H,2,4-7,9H2;4-6,9H,1-3,7-8H2;2H,1H3/t;;4-,5+,6?;/m..1./s1. The number of amides is 1. The normalized spacial score (nSPS) is 33.1. The van der Waals surface area contributed by atoms with E-state index in [0.717, 1.165) is 46.1 Å². The number of alkyl halides is 1. The number of aliphatic hydroxyl groups is 3. The number of nitrogens with two attached hydrogens (primary N) is 6. The van der Waals surface area contributed by atoms with Crippen molar-refractivity contribution < 1.29 is 43.5 Å². The van der Waals surface area contributed by atoms with Gasteiger partial charge < -0.3 is 79.3 Å². The lowest BCUT2D eigenvalue weighted by molar-refractivity contribution is -0.169. The Morgan fingerprint density at radius 1 is 1.04 bits per heavy atom. The second-order valence-corrected chi connectivity index (χ2v) is 11.9. The van der Waals surface area contributed by atoms with Gasteiger partial charge in [0, 0.05) is 71.3 Å². The van der Waals surface area contributed by atoms with E-state index >= 15 is 0 Å². The van der Waals surface area contributed by atoms with Gasteiger partial charge in [0.2, 0.25) is 0 Å². The summed E-state index contributed by atoms with van der Waals surface area (Å²) in [4.78, 5) is 11.9. The molecular weight excluding hydrogens is 619 g/mol. The molecule has 9 unspecified atom stereocenters. The van der Waals surface area contributed by atoms with Gasteiger partial charge in [-0.05, 0) is 32.1 Å². The first-order chi connectivity index (χ1) is 22.6. The van der Waals surface area contributed by atoms with Crippen LogP contribution in [0, 0.1) is 0 Å². The largest absolute Gasteiger partial charge is 0.400 e. The van der Waals surface area contributed by atoms with Crippen molar-refractivity contribution in [3.05, 3.63) is 12.2 Å². The zero-order valence-electron chi connectivity index (χ0n) is 27.8. The number of carbonyl (C=O) groups is 1. The van der Waals surface area contributed by atoms with Crippen molar-refractivity contribution in [3.63, 3.8) is 0 Å². The third-order valence-corrected chi connectivity index (χ3v) is 7.98. The van der Waals surface area contributed by atoms with Crippen LogP contribution < -0.4 is 45.0 Å². The Morgan fingerprint density at radius 3 is 2.34 bits per heavy atom. The summed E-state index contributed by atoms with van der Waals surface area (Å²) in [7, 11) is 1.00. The van der Waals surface area contributed by atoms with Crippen LogP contribution in [0.2, 0.25) is 0 Å². The molecule has 17 N–H and O–H groups in total. The summed E-state index contributed by atoms with van der Waals surface area (Å²) < 4.78 is 35.5. The predicted octanol–water partition coefficient (Wildman–Crippen LogP) is -3.60. The van der Waals surface area contributed by atoms with Crippen LogP contribution in [0.4, 0.5) is 4.39 Å². The number of hydrogen-bond donors (Lipinski definition) is 11. The van der Waals surface area contributed by atoms with Gasteiger partial charge in [-0.25, -0.2) is 4.39 Å². The molecule has 47 heavy (non-hydrogen) atoms. The van der Waals surface area contributed by atoms with E-state index in [1.807, 2.05) is 0 Å². The third kappa shape index (κ3) is 17.7. The Kier molecular flexibility index (Phi) is 23.7. The maximum Gasteiger partial charge on any atom is 0.252 e. The van der Waals surface area contributed by atoms with Crippen molar-refractivity contribution in [2.45, 2.75) is 112 Å². The van der Waals surface area contributed by atoms with Crippen LogP contribution >= 0.6 is 0 Å². The Hall–Kier alpha value is -1.42. The molecule has 0 aromatic rings. The number of ether oxygens (including phenoxy) is 4. The Bertz CT molecular complexity index is 841. The summed E-state index contributed by atoms with van der Waals surface area (Å²) in [5, 5.41) is 31.6. The molecule has 3 fully saturated rings. The van der Waals surface area contributed by atoms with E-state index in [0.29, 0.717) is 51.9 Å². The zero-order chi connectivity index (χ0) is 35.2. The highest BCUT2D eigenvalue weighted by Gasteiger charge is 2.35. The van der Waals surface area contributed by atoms with Gasteiger partial charge in [-0.1, -0.05) is 12.2 Å². The molecule has 1 aliphatic carbocycles. The molecule has 4 aliphatic rings. The first-order valence-electron chi connectivity index (χ1n) is 16.6. The number of rotatable bonds is 12. The van der Waals surface area contributed by atoms with Gasteiger partial charge in [-0.3, -0.25) is 4.79 Å². The van der Waals surface area contributed by atoms with Crippen LogP contribution in [0.15, 0.2) is 12.2 Å². The molecule has 1 saturated carbocycles. The minimum absolute atomic E-state index is 0.00481. The summed E-state index contributed by atoms with van der Waals surface area (Å²) in [6.07, 6.45) is 5.11. The molecule has 3 aliphatic heterocycles. The third-order valence-electron chi connectivity index (χ3n) is 7.98. The number of carbonyl (C=O) groups excluding carboxylic acids is 1. The van der Waals surface area contributed by atoms with Gasteiger partial charge in [0.15, 0.2) is 12.4 Å². The van der Waals surface area contributed by atoms with E-state index in [1.54, 1.807) is 0 Å². The molecule has 0 aromatic carbocycles. The quantitative estimate of drug-likeness (QED) is 0.0700. The van der Waals surface area contributed by atoms with Gasteiger partial charge in [-0.15, -0.1) is 0 Å². The number of halogens is 1. The van der Waals surface area contributed by atoms with Crippen LogP contribution in [0.25, 0.3) is 0 Å². The maximum absolute atomic E-state index is 13.3. The van der Waals surface area contributed by atoms with E-state index in [2.05, 4.69) is 22.8 Å². The van der Waals surface area contributed by atoms with Crippen LogP contribution in [-0.4, -0.2) is 148 Å². The smallest absolute Gasteiger partial charge is 0.252 e. The number of aliphatic hydroxyl groups excluding tert-OH is 3. The van der Waals surface area contributed by atoms with E-state index in [4.69, 9.17) is 58.5 Å². The Labute approximate surface area is 278 Å². The average Bonchev–Trinajstić information content (AvgIpc) is 3.54. The molecule has 0 spiro atoms. The summed E-state index contributed by atoms with van der Waals surface area (Å²) in [6.45, 7) is 4.23. The molecule has 1 amide bonds. The molecule has 2 saturated heterocycles. The fourth-order valence-electron chi connectivity index (χ4n) is 5.38. The Balaban J connectivity index is 0.000000396. The van der Waals surface area contributed by atoms with Crippen LogP contribution in [0.5, 0.6) is 0 Å². The molecule has 0 aromatic heterocycles. The molecule has 11 atom stereocenters. The van der Waals surface area contributed by atoms with Crippen molar-refractivity contribution >= 4 is 5.91 Å². The summed E-state index contributed by atoms with van der Waals surface area (Å²) in [5.41, 5.74) is 32.9. The fraction of sp³-hybridized carbons (Fsp3) is 0.900. The molecule has 0 radical (unpaired) electrons. The second kappa shape index (κ2) is 25.5. The molecule has 3 heterocycles. The van der Waals surface area contributed by atoms with Crippen molar-refractivity contribution in [3.8, 4) is 0 Å². The van der Waals surface area contributed by atoms with E-state index < -0.39 is 30.8 Å². The van der Waals surface area contributed by atoms with Gasteiger partial charge >= 0.3 is 0 Å². The van der Waals surface area contributed by atoms with Crippen molar-refractivity contribution in [1.29, 1.82) is 0 Å². The topological polar surface area (TPSA) is 295 Å². The highest BCUT2D eigenvalue weighted by Crippen LogP contribution is 2.27. The first-order valence-corrected chi connectivity index (χ1v) is 16.6. The lowest BCUT2D eigenvalue weighted by Crippen LogP contribution is -2.52. The SMILES string of the molecule is CO.NCC1CCC(OC2CC(N)CC(NC(=O)C(O)C(F)CN)C2)O1.NCCNCC1C=CCCO1.NC[C@H]1CC(O)[C@@H](N)CO1. The highest BCUT2D eigenvalue weighted by molar-refractivity contribution is 5.81. The summed E-state index contributed by atoms with van der Waals surface area (Å²) in [6, 6.07) is -0.658. The van der Waals surface area contributed by atoms with Gasteiger partial charge in [-0.2, -0.15) is 0 Å². The lowest BCUT2D eigenvalue weighted by Gasteiger charge is -2.35. The van der Waals surface area contributed by atoms with Crippen molar-refractivity contribution in [1.82, 2.24) is 10.6 Å².